The molecule has 0 amide bonds. The van der Waals surface area contributed by atoms with Gasteiger partial charge in [0.2, 0.25) is 0 Å². The van der Waals surface area contributed by atoms with Gasteiger partial charge in [-0.3, -0.25) is 4.90 Å². The number of rotatable bonds is 6. The third-order valence-electron chi connectivity index (χ3n) is 7.22. The van der Waals surface area contributed by atoms with Gasteiger partial charge in [0, 0.05) is 55.7 Å². The summed E-state index contributed by atoms with van der Waals surface area (Å²) in [5.41, 5.74) is 9.17. The Labute approximate surface area is 193 Å². The Kier molecular flexibility index (Phi) is 8.62. The first-order chi connectivity index (χ1) is 14.2. The lowest BCUT2D eigenvalue weighted by atomic mass is 9.68. The van der Waals surface area contributed by atoms with E-state index in [2.05, 4.69) is 58.3 Å². The Morgan fingerprint density at radius 2 is 1.63 bits per heavy atom. The van der Waals surface area contributed by atoms with Crippen LogP contribution >= 0.6 is 24.0 Å². The molecule has 0 aromatic heterocycles. The van der Waals surface area contributed by atoms with Crippen molar-refractivity contribution in [2.24, 2.45) is 5.73 Å². The molecule has 1 aliphatic heterocycles. The topological polar surface area (TPSA) is 32.5 Å². The highest BCUT2D eigenvalue weighted by molar-refractivity contribution is 6.30. The van der Waals surface area contributed by atoms with Crippen LogP contribution in [0, 0.1) is 0 Å². The number of piperazine rings is 1. The summed E-state index contributed by atoms with van der Waals surface area (Å²) in [5.74, 6) is 0. The number of hydrogen-bond acceptors (Lipinski definition) is 3. The third-order valence-corrected chi connectivity index (χ3v) is 7.46. The van der Waals surface area contributed by atoms with Gasteiger partial charge in [0.1, 0.15) is 0 Å². The van der Waals surface area contributed by atoms with Crippen molar-refractivity contribution in [1.82, 2.24) is 9.80 Å². The molecular formula is C25H35Cl2N3. The van der Waals surface area contributed by atoms with Crippen molar-refractivity contribution in [2.45, 2.75) is 43.6 Å². The van der Waals surface area contributed by atoms with Gasteiger partial charge < -0.3 is 10.6 Å². The van der Waals surface area contributed by atoms with Crippen molar-refractivity contribution < 1.29 is 0 Å². The first kappa shape index (κ1) is 23.6. The van der Waals surface area contributed by atoms with Gasteiger partial charge in [-0.05, 0) is 55.4 Å². The van der Waals surface area contributed by atoms with Crippen LogP contribution in [0.2, 0.25) is 5.02 Å². The van der Waals surface area contributed by atoms with E-state index in [-0.39, 0.29) is 17.8 Å². The van der Waals surface area contributed by atoms with Crippen LogP contribution in [-0.2, 0) is 11.8 Å². The molecule has 164 valence electrons. The Hall–Kier alpha value is -1.10. The standard InChI is InChI=1S/C25H34ClN3.ClH/c26-23-8-4-7-22(19-23)25(20-27)12-9-24(10-13-25)29-17-15-28(16-18-29)14-11-21-5-2-1-3-6-21;/h1-8,19,24H,9-18,20,27H2;1H/t24-,25-;. The van der Waals surface area contributed by atoms with Gasteiger partial charge in [-0.1, -0.05) is 54.1 Å². The molecule has 0 atom stereocenters. The first-order valence-corrected chi connectivity index (χ1v) is 11.5. The van der Waals surface area contributed by atoms with Crippen LogP contribution in [0.15, 0.2) is 54.6 Å². The minimum Gasteiger partial charge on any atom is -0.330 e. The molecule has 0 bridgehead atoms. The maximum absolute atomic E-state index is 6.28. The molecule has 1 heterocycles. The summed E-state index contributed by atoms with van der Waals surface area (Å²) >= 11 is 6.26. The van der Waals surface area contributed by atoms with E-state index < -0.39 is 0 Å². The number of benzene rings is 2. The van der Waals surface area contributed by atoms with E-state index in [0.717, 1.165) is 11.4 Å². The van der Waals surface area contributed by atoms with Gasteiger partial charge in [0.25, 0.3) is 0 Å². The van der Waals surface area contributed by atoms with Crippen molar-refractivity contribution in [3.63, 3.8) is 0 Å². The second kappa shape index (κ2) is 11.0. The highest BCUT2D eigenvalue weighted by atomic mass is 35.5. The summed E-state index contributed by atoms with van der Waals surface area (Å²) in [5, 5.41) is 0.823. The zero-order chi connectivity index (χ0) is 20.1. The number of hydrogen-bond donors (Lipinski definition) is 1. The van der Waals surface area contributed by atoms with Gasteiger partial charge in [-0.15, -0.1) is 12.4 Å². The fourth-order valence-corrected chi connectivity index (χ4v) is 5.42. The quantitative estimate of drug-likeness (QED) is 0.692. The minimum atomic E-state index is 0. The number of halogens is 2. The van der Waals surface area contributed by atoms with E-state index in [0.29, 0.717) is 12.6 Å². The van der Waals surface area contributed by atoms with Crippen LogP contribution in [0.4, 0.5) is 0 Å². The zero-order valence-corrected chi connectivity index (χ0v) is 19.4. The van der Waals surface area contributed by atoms with Crippen LogP contribution in [0.25, 0.3) is 0 Å². The molecule has 2 aromatic rings. The van der Waals surface area contributed by atoms with Gasteiger partial charge >= 0.3 is 0 Å². The molecule has 4 rings (SSSR count). The maximum atomic E-state index is 6.28. The Bertz CT molecular complexity index is 767. The number of nitrogens with two attached hydrogens (primary N) is 1. The molecule has 0 spiro atoms. The molecule has 2 fully saturated rings. The monoisotopic (exact) mass is 447 g/mol. The van der Waals surface area contributed by atoms with Crippen LogP contribution in [0.3, 0.4) is 0 Å². The summed E-state index contributed by atoms with van der Waals surface area (Å²) in [6.45, 7) is 6.68. The lowest BCUT2D eigenvalue weighted by Gasteiger charge is -2.46. The van der Waals surface area contributed by atoms with Crippen LogP contribution in [0.5, 0.6) is 0 Å². The smallest absolute Gasteiger partial charge is 0.0408 e. The average molecular weight is 448 g/mol. The summed E-state index contributed by atoms with van der Waals surface area (Å²) < 4.78 is 0. The van der Waals surface area contributed by atoms with Crippen molar-refractivity contribution in [1.29, 1.82) is 0 Å². The number of nitrogens with zero attached hydrogens (tertiary/aromatic N) is 2. The molecule has 2 aliphatic rings. The summed E-state index contributed by atoms with van der Waals surface area (Å²) in [7, 11) is 0. The summed E-state index contributed by atoms with van der Waals surface area (Å²) in [6.07, 6.45) is 5.98. The lowest BCUT2D eigenvalue weighted by Crippen LogP contribution is -2.53. The fourth-order valence-electron chi connectivity index (χ4n) is 5.23. The van der Waals surface area contributed by atoms with E-state index >= 15 is 0 Å². The Morgan fingerprint density at radius 1 is 0.933 bits per heavy atom. The van der Waals surface area contributed by atoms with Crippen molar-refractivity contribution in [3.8, 4) is 0 Å². The largest absolute Gasteiger partial charge is 0.330 e. The van der Waals surface area contributed by atoms with Gasteiger partial charge in [-0.2, -0.15) is 0 Å². The van der Waals surface area contributed by atoms with Gasteiger partial charge in [0.15, 0.2) is 0 Å². The second-order valence-corrected chi connectivity index (χ2v) is 9.28. The zero-order valence-electron chi connectivity index (χ0n) is 17.8. The molecule has 1 saturated carbocycles. The SMILES string of the molecule is Cl.NC[C@]1(c2cccc(Cl)c2)CC[C@H](N2CCN(CCc3ccccc3)CC2)CC1. The van der Waals surface area contributed by atoms with E-state index in [1.165, 1.54) is 69.5 Å². The van der Waals surface area contributed by atoms with Gasteiger partial charge in [0.05, 0.1) is 0 Å². The van der Waals surface area contributed by atoms with Crippen LogP contribution in [-0.4, -0.2) is 55.1 Å². The molecule has 0 unspecified atom stereocenters. The second-order valence-electron chi connectivity index (χ2n) is 8.84. The lowest BCUT2D eigenvalue weighted by molar-refractivity contribution is 0.0663. The van der Waals surface area contributed by atoms with E-state index in [1.807, 2.05) is 6.07 Å². The predicted molar refractivity (Wildman–Crippen MR) is 130 cm³/mol. The van der Waals surface area contributed by atoms with Crippen LogP contribution < -0.4 is 5.73 Å². The molecule has 0 radical (unpaired) electrons. The Morgan fingerprint density at radius 3 is 2.27 bits per heavy atom. The van der Waals surface area contributed by atoms with Crippen LogP contribution in [0.1, 0.15) is 36.8 Å². The molecular weight excluding hydrogens is 413 g/mol. The highest BCUT2D eigenvalue weighted by Crippen LogP contribution is 2.40. The molecule has 2 N–H and O–H groups in total. The Balaban J connectivity index is 0.00000256. The first-order valence-electron chi connectivity index (χ1n) is 11.1. The average Bonchev–Trinajstić information content (AvgIpc) is 2.79. The highest BCUT2D eigenvalue weighted by Gasteiger charge is 2.38. The summed E-state index contributed by atoms with van der Waals surface area (Å²) in [6, 6.07) is 19.9. The van der Waals surface area contributed by atoms with Gasteiger partial charge in [-0.25, -0.2) is 0 Å². The molecule has 1 aliphatic carbocycles. The minimum absolute atomic E-state index is 0. The molecule has 2 aromatic carbocycles. The van der Waals surface area contributed by atoms with Crippen molar-refractivity contribution >= 4 is 24.0 Å². The normalized spacial score (nSPS) is 25.6. The predicted octanol–water partition coefficient (Wildman–Crippen LogP) is 4.76. The van der Waals surface area contributed by atoms with E-state index in [1.54, 1.807) is 0 Å². The van der Waals surface area contributed by atoms with E-state index in [9.17, 15) is 0 Å². The molecule has 5 heteroatoms. The molecule has 1 saturated heterocycles. The van der Waals surface area contributed by atoms with Crippen molar-refractivity contribution in [3.05, 3.63) is 70.7 Å². The van der Waals surface area contributed by atoms with E-state index in [4.69, 9.17) is 17.3 Å². The summed E-state index contributed by atoms with van der Waals surface area (Å²) in [4.78, 5) is 5.36. The molecule has 3 nitrogen and oxygen atoms in total. The fraction of sp³-hybridized carbons (Fsp3) is 0.520. The third kappa shape index (κ3) is 5.57. The maximum Gasteiger partial charge on any atom is 0.0408 e. The molecule has 30 heavy (non-hydrogen) atoms. The van der Waals surface area contributed by atoms with Crippen molar-refractivity contribution in [2.75, 3.05) is 39.3 Å².